The summed E-state index contributed by atoms with van der Waals surface area (Å²) in [4.78, 5) is 20.8. The molecule has 0 rings (SSSR count). The molecule has 8 heteroatoms. The van der Waals surface area contributed by atoms with Crippen LogP contribution >= 0.6 is 0 Å². The predicted molar refractivity (Wildman–Crippen MR) is 52.4 cm³/mol. The minimum atomic E-state index is -3.51. The number of carboxylic acid groups (broad SMARTS) is 1. The summed E-state index contributed by atoms with van der Waals surface area (Å²) < 4.78 is 20.9. The van der Waals surface area contributed by atoms with Gasteiger partial charge in [-0.15, -0.1) is 0 Å². The largest absolute Gasteiger partial charge is 0.478 e. The van der Waals surface area contributed by atoms with Crippen molar-refractivity contribution in [2.24, 2.45) is 5.14 Å². The molecule has 86 valence electrons. The van der Waals surface area contributed by atoms with Crippen LogP contribution < -0.4 is 10.5 Å². The van der Waals surface area contributed by atoms with Gasteiger partial charge in [0.25, 0.3) is 0 Å². The van der Waals surface area contributed by atoms with Gasteiger partial charge in [-0.1, -0.05) is 0 Å². The van der Waals surface area contributed by atoms with E-state index in [0.29, 0.717) is 6.08 Å². The Morgan fingerprint density at radius 1 is 1.33 bits per heavy atom. The number of aliphatic carboxylic acids is 1. The number of carbonyl (C=O) groups excluding carboxylic acids is 1. The quantitative estimate of drug-likeness (QED) is 0.379. The first-order valence-electron chi connectivity index (χ1n) is 4.00. The van der Waals surface area contributed by atoms with Crippen LogP contribution in [0.2, 0.25) is 0 Å². The molecule has 0 aromatic rings. The van der Waals surface area contributed by atoms with Crippen LogP contribution in [0.15, 0.2) is 12.2 Å². The topological polar surface area (TPSA) is 127 Å². The molecule has 0 aromatic carbocycles. The fourth-order valence-electron chi connectivity index (χ4n) is 0.691. The van der Waals surface area contributed by atoms with Crippen LogP contribution in [-0.2, 0) is 19.6 Å². The second kappa shape index (κ2) is 6.14. The molecular weight excluding hydrogens is 224 g/mol. The van der Waals surface area contributed by atoms with Crippen molar-refractivity contribution >= 4 is 21.9 Å². The van der Waals surface area contributed by atoms with Crippen molar-refractivity contribution in [3.05, 3.63) is 12.2 Å². The van der Waals surface area contributed by atoms with E-state index in [-0.39, 0.29) is 18.7 Å². The lowest BCUT2D eigenvalue weighted by atomic mass is 10.4. The van der Waals surface area contributed by atoms with Crippen LogP contribution in [0.4, 0.5) is 0 Å². The molecule has 0 unspecified atom stereocenters. The molecule has 0 atom stereocenters. The van der Waals surface area contributed by atoms with E-state index in [1.54, 1.807) is 0 Å². The van der Waals surface area contributed by atoms with Crippen molar-refractivity contribution in [2.45, 2.75) is 6.42 Å². The van der Waals surface area contributed by atoms with Gasteiger partial charge in [-0.05, 0) is 6.42 Å². The molecule has 0 bridgehead atoms. The first kappa shape index (κ1) is 13.6. The summed E-state index contributed by atoms with van der Waals surface area (Å²) in [6.07, 6.45) is 1.72. The number of hydrogen-bond acceptors (Lipinski definition) is 4. The zero-order chi connectivity index (χ0) is 11.9. The Kier molecular flexibility index (Phi) is 5.57. The summed E-state index contributed by atoms with van der Waals surface area (Å²) in [6, 6.07) is 0. The fourth-order valence-corrected chi connectivity index (χ4v) is 1.24. The third kappa shape index (κ3) is 10.5. The Balaban J connectivity index is 3.70. The molecule has 0 saturated carbocycles. The normalized spacial score (nSPS) is 11.5. The number of primary sulfonamides is 1. The lowest BCUT2D eigenvalue weighted by Crippen LogP contribution is -2.26. The summed E-state index contributed by atoms with van der Waals surface area (Å²) >= 11 is 0. The molecule has 7 nitrogen and oxygen atoms in total. The summed E-state index contributed by atoms with van der Waals surface area (Å²) in [7, 11) is -3.51. The van der Waals surface area contributed by atoms with Crippen LogP contribution in [0.1, 0.15) is 6.42 Å². The van der Waals surface area contributed by atoms with Gasteiger partial charge < -0.3 is 10.4 Å². The molecule has 0 aliphatic carbocycles. The smallest absolute Gasteiger partial charge is 0.328 e. The Hall–Kier alpha value is -1.41. The first-order valence-corrected chi connectivity index (χ1v) is 5.72. The first-order chi connectivity index (χ1) is 6.81. The van der Waals surface area contributed by atoms with Gasteiger partial charge in [-0.3, -0.25) is 4.79 Å². The second-order valence-corrected chi connectivity index (χ2v) is 4.42. The molecule has 0 aliphatic rings. The average molecular weight is 236 g/mol. The molecule has 0 fully saturated rings. The molecule has 0 aromatic heterocycles. The molecule has 0 radical (unpaired) electrons. The molecule has 1 amide bonds. The lowest BCUT2D eigenvalue weighted by Gasteiger charge is -2.00. The van der Waals surface area contributed by atoms with Crippen molar-refractivity contribution < 1.29 is 23.1 Å². The molecular formula is C7H12N2O5S. The van der Waals surface area contributed by atoms with Gasteiger partial charge in [-0.25, -0.2) is 18.4 Å². The molecule has 15 heavy (non-hydrogen) atoms. The number of nitrogens with one attached hydrogen (secondary N) is 1. The van der Waals surface area contributed by atoms with Crippen molar-refractivity contribution in [2.75, 3.05) is 12.3 Å². The van der Waals surface area contributed by atoms with Gasteiger partial charge in [0.15, 0.2) is 0 Å². The number of sulfonamides is 1. The molecule has 0 aliphatic heterocycles. The summed E-state index contributed by atoms with van der Waals surface area (Å²) in [6.45, 7) is 0.124. The molecule has 0 heterocycles. The Bertz CT molecular complexity index is 360. The van der Waals surface area contributed by atoms with Crippen molar-refractivity contribution in [1.29, 1.82) is 0 Å². The lowest BCUT2D eigenvalue weighted by molar-refractivity contribution is -0.131. The Labute approximate surface area is 87.0 Å². The van der Waals surface area contributed by atoms with Crippen molar-refractivity contribution in [1.82, 2.24) is 5.32 Å². The highest BCUT2D eigenvalue weighted by molar-refractivity contribution is 7.89. The van der Waals surface area contributed by atoms with E-state index >= 15 is 0 Å². The van der Waals surface area contributed by atoms with Crippen LogP contribution in [0.3, 0.4) is 0 Å². The van der Waals surface area contributed by atoms with E-state index in [4.69, 9.17) is 10.2 Å². The number of rotatable bonds is 6. The van der Waals surface area contributed by atoms with Gasteiger partial charge >= 0.3 is 5.97 Å². The van der Waals surface area contributed by atoms with Gasteiger partial charge in [0.2, 0.25) is 15.9 Å². The Morgan fingerprint density at radius 2 is 1.93 bits per heavy atom. The number of nitrogens with two attached hydrogens (primary N) is 1. The average Bonchev–Trinajstić information content (AvgIpc) is 2.07. The highest BCUT2D eigenvalue weighted by atomic mass is 32.2. The molecule has 0 spiro atoms. The summed E-state index contributed by atoms with van der Waals surface area (Å²) in [5.74, 6) is -2.04. The predicted octanol–water partition coefficient (Wildman–Crippen LogP) is -1.58. The van der Waals surface area contributed by atoms with Gasteiger partial charge in [0.05, 0.1) is 5.75 Å². The minimum Gasteiger partial charge on any atom is -0.478 e. The monoisotopic (exact) mass is 236 g/mol. The minimum absolute atomic E-state index is 0.124. The summed E-state index contributed by atoms with van der Waals surface area (Å²) in [5.41, 5.74) is 0. The SMILES string of the molecule is NS(=O)(=O)CCCNC(=O)C=CC(=O)O. The number of carbonyl (C=O) groups is 2. The number of carboxylic acids is 1. The van der Waals surface area contributed by atoms with Crippen LogP contribution in [0, 0.1) is 0 Å². The second-order valence-electron chi connectivity index (χ2n) is 2.68. The van der Waals surface area contributed by atoms with E-state index in [1.807, 2.05) is 0 Å². The zero-order valence-corrected chi connectivity index (χ0v) is 8.66. The van der Waals surface area contributed by atoms with E-state index in [1.165, 1.54) is 0 Å². The number of hydrogen-bond donors (Lipinski definition) is 3. The zero-order valence-electron chi connectivity index (χ0n) is 7.84. The third-order valence-corrected chi connectivity index (χ3v) is 2.14. The van der Waals surface area contributed by atoms with Crippen LogP contribution in [0.5, 0.6) is 0 Å². The molecule has 0 saturated heterocycles. The van der Waals surface area contributed by atoms with Crippen LogP contribution in [-0.4, -0.2) is 37.7 Å². The maximum atomic E-state index is 10.8. The third-order valence-electron chi connectivity index (χ3n) is 1.28. The standard InChI is InChI=1S/C7H12N2O5S/c8-15(13,14)5-1-4-9-6(10)2-3-7(11)12/h2-3H,1,4-5H2,(H,9,10)(H,11,12)(H2,8,13,14). The number of amides is 1. The van der Waals surface area contributed by atoms with Crippen LogP contribution in [0.25, 0.3) is 0 Å². The highest BCUT2D eigenvalue weighted by Crippen LogP contribution is 1.84. The fraction of sp³-hybridized carbons (Fsp3) is 0.429. The van der Waals surface area contributed by atoms with Gasteiger partial charge in [0.1, 0.15) is 0 Å². The van der Waals surface area contributed by atoms with E-state index in [2.05, 4.69) is 5.32 Å². The van der Waals surface area contributed by atoms with E-state index in [0.717, 1.165) is 6.08 Å². The molecule has 4 N–H and O–H groups in total. The Morgan fingerprint density at radius 3 is 2.40 bits per heavy atom. The van der Waals surface area contributed by atoms with Crippen molar-refractivity contribution in [3.63, 3.8) is 0 Å². The van der Waals surface area contributed by atoms with Gasteiger partial charge in [0, 0.05) is 18.7 Å². The summed E-state index contributed by atoms with van der Waals surface area (Å²) in [5, 5.41) is 15.2. The van der Waals surface area contributed by atoms with Gasteiger partial charge in [-0.2, -0.15) is 0 Å². The maximum Gasteiger partial charge on any atom is 0.328 e. The van der Waals surface area contributed by atoms with Crippen molar-refractivity contribution in [3.8, 4) is 0 Å². The van der Waals surface area contributed by atoms with E-state index in [9.17, 15) is 18.0 Å². The highest BCUT2D eigenvalue weighted by Gasteiger charge is 2.02. The van der Waals surface area contributed by atoms with E-state index < -0.39 is 21.9 Å². The maximum absolute atomic E-state index is 10.8.